The molecule has 74 valence electrons. The molecule has 0 heterocycles. The summed E-state index contributed by atoms with van der Waals surface area (Å²) < 4.78 is 0. The second-order valence-electron chi connectivity index (χ2n) is 2.46. The quantitative estimate of drug-likeness (QED) is 0.333. The molecule has 1 aromatic rings. The topological polar surface area (TPSA) is 108 Å². The minimum atomic E-state index is -0.572. The summed E-state index contributed by atoms with van der Waals surface area (Å²) in [6, 6.07) is 3.87. The summed E-state index contributed by atoms with van der Waals surface area (Å²) in [7, 11) is 0. The highest BCUT2D eigenvalue weighted by atomic mass is 35.5. The number of non-ortho nitro benzene ring substituents is 1. The fraction of sp³-hybridized carbons (Fsp3) is 0. The Hall–Kier alpha value is -1.82. The molecule has 0 saturated heterocycles. The predicted octanol–water partition coefficient (Wildman–Crippen LogP) is 1.15. The lowest BCUT2D eigenvalue weighted by Crippen LogP contribution is -2.21. The van der Waals surface area contributed by atoms with E-state index in [0.29, 0.717) is 0 Å². The van der Waals surface area contributed by atoms with Crippen LogP contribution in [0.1, 0.15) is 0 Å². The fourth-order valence-corrected chi connectivity index (χ4v) is 1.10. The van der Waals surface area contributed by atoms with E-state index in [9.17, 15) is 10.1 Å². The van der Waals surface area contributed by atoms with E-state index >= 15 is 0 Å². The molecule has 0 bridgehead atoms. The molecule has 0 aliphatic carbocycles. The predicted molar refractivity (Wildman–Crippen MR) is 53.6 cm³/mol. The molecular weight excluding hydrogens is 208 g/mol. The first-order valence-electron chi connectivity index (χ1n) is 3.53. The van der Waals surface area contributed by atoms with Crippen LogP contribution in [-0.4, -0.2) is 10.9 Å². The highest BCUT2D eigenvalue weighted by Gasteiger charge is 2.08. The molecular formula is C7H7ClN4O2. The lowest BCUT2D eigenvalue weighted by atomic mass is 10.3. The van der Waals surface area contributed by atoms with Crippen molar-refractivity contribution in [3.05, 3.63) is 33.3 Å². The minimum absolute atomic E-state index is 0.155. The van der Waals surface area contributed by atoms with Gasteiger partial charge in [-0.3, -0.25) is 10.1 Å². The standard InChI is InChI=1S/C7H7ClN4O2/c8-4-1-5(11-7(9)10)3-6(2-4)12(13)14/h1-3H,(H4,9,10,11). The number of halogens is 1. The molecule has 0 amide bonds. The Kier molecular flexibility index (Phi) is 2.88. The average Bonchev–Trinajstić information content (AvgIpc) is 2.01. The fourth-order valence-electron chi connectivity index (χ4n) is 0.878. The Morgan fingerprint density at radius 1 is 1.43 bits per heavy atom. The molecule has 0 radical (unpaired) electrons. The van der Waals surface area contributed by atoms with E-state index in [1.54, 1.807) is 0 Å². The van der Waals surface area contributed by atoms with Crippen molar-refractivity contribution in [3.63, 3.8) is 0 Å². The van der Waals surface area contributed by atoms with Crippen molar-refractivity contribution in [1.29, 1.82) is 0 Å². The smallest absolute Gasteiger partial charge is 0.273 e. The van der Waals surface area contributed by atoms with Gasteiger partial charge in [-0.25, -0.2) is 4.99 Å². The van der Waals surface area contributed by atoms with E-state index in [1.807, 2.05) is 0 Å². The molecule has 0 aromatic heterocycles. The number of benzene rings is 1. The zero-order valence-corrected chi connectivity index (χ0v) is 7.73. The Morgan fingerprint density at radius 2 is 2.07 bits per heavy atom. The zero-order chi connectivity index (χ0) is 10.7. The number of nitro benzene ring substituents is 1. The van der Waals surface area contributed by atoms with Crippen LogP contribution in [0.25, 0.3) is 0 Å². The van der Waals surface area contributed by atoms with Crippen LogP contribution < -0.4 is 11.5 Å². The number of hydrogen-bond acceptors (Lipinski definition) is 3. The second kappa shape index (κ2) is 3.93. The zero-order valence-electron chi connectivity index (χ0n) is 6.98. The van der Waals surface area contributed by atoms with Gasteiger partial charge >= 0.3 is 0 Å². The van der Waals surface area contributed by atoms with Gasteiger partial charge in [0, 0.05) is 17.2 Å². The Labute approximate surface area is 84.3 Å². The van der Waals surface area contributed by atoms with Crippen molar-refractivity contribution in [3.8, 4) is 0 Å². The van der Waals surface area contributed by atoms with Crippen molar-refractivity contribution in [2.75, 3.05) is 0 Å². The third-order valence-electron chi connectivity index (χ3n) is 1.34. The van der Waals surface area contributed by atoms with E-state index in [4.69, 9.17) is 23.1 Å². The molecule has 0 aliphatic heterocycles. The van der Waals surface area contributed by atoms with Crippen LogP contribution in [0.15, 0.2) is 23.2 Å². The van der Waals surface area contributed by atoms with Gasteiger partial charge in [0.2, 0.25) is 0 Å². The van der Waals surface area contributed by atoms with Gasteiger partial charge in [0.05, 0.1) is 10.6 Å². The SMILES string of the molecule is NC(N)=Nc1cc(Cl)cc([N+](=O)[O-])c1. The Bertz CT molecular complexity index is 401. The van der Waals surface area contributed by atoms with Crippen LogP contribution in [0.4, 0.5) is 11.4 Å². The van der Waals surface area contributed by atoms with Gasteiger partial charge in [0.15, 0.2) is 5.96 Å². The summed E-state index contributed by atoms with van der Waals surface area (Å²) in [5.41, 5.74) is 10.3. The van der Waals surface area contributed by atoms with Crippen molar-refractivity contribution >= 4 is 28.9 Å². The summed E-state index contributed by atoms with van der Waals surface area (Å²) in [6.45, 7) is 0. The molecule has 0 aliphatic rings. The van der Waals surface area contributed by atoms with Crippen molar-refractivity contribution in [2.24, 2.45) is 16.5 Å². The van der Waals surface area contributed by atoms with Crippen LogP contribution in [0.2, 0.25) is 5.02 Å². The normalized spacial score (nSPS) is 9.50. The second-order valence-corrected chi connectivity index (χ2v) is 2.90. The van der Waals surface area contributed by atoms with E-state index in [0.717, 1.165) is 0 Å². The molecule has 7 heteroatoms. The minimum Gasteiger partial charge on any atom is -0.370 e. The van der Waals surface area contributed by atoms with E-state index in [2.05, 4.69) is 4.99 Å². The highest BCUT2D eigenvalue weighted by molar-refractivity contribution is 6.31. The summed E-state index contributed by atoms with van der Waals surface area (Å²) in [5, 5.41) is 10.6. The largest absolute Gasteiger partial charge is 0.370 e. The number of aliphatic imine (C=N–C) groups is 1. The maximum absolute atomic E-state index is 10.4. The van der Waals surface area contributed by atoms with E-state index < -0.39 is 4.92 Å². The number of nitrogens with two attached hydrogens (primary N) is 2. The lowest BCUT2D eigenvalue weighted by molar-refractivity contribution is -0.384. The number of hydrogen-bond donors (Lipinski definition) is 2. The molecule has 0 atom stereocenters. The van der Waals surface area contributed by atoms with Crippen LogP contribution in [0.5, 0.6) is 0 Å². The van der Waals surface area contributed by atoms with Gasteiger partial charge in [0.25, 0.3) is 5.69 Å². The Balaban J connectivity index is 3.20. The van der Waals surface area contributed by atoms with Gasteiger partial charge in [0.1, 0.15) is 0 Å². The van der Waals surface area contributed by atoms with Crippen molar-refractivity contribution in [1.82, 2.24) is 0 Å². The molecule has 14 heavy (non-hydrogen) atoms. The first kappa shape index (κ1) is 10.3. The van der Waals surface area contributed by atoms with E-state index in [1.165, 1.54) is 18.2 Å². The van der Waals surface area contributed by atoms with Gasteiger partial charge in [-0.1, -0.05) is 11.6 Å². The molecule has 1 rings (SSSR count). The molecule has 0 saturated carbocycles. The number of guanidine groups is 1. The Morgan fingerprint density at radius 3 is 2.57 bits per heavy atom. The number of nitro groups is 1. The molecule has 0 spiro atoms. The first-order valence-corrected chi connectivity index (χ1v) is 3.91. The average molecular weight is 215 g/mol. The summed E-state index contributed by atoms with van der Waals surface area (Å²) in [5.74, 6) is -0.179. The van der Waals surface area contributed by atoms with Gasteiger partial charge in [-0.05, 0) is 6.07 Å². The van der Waals surface area contributed by atoms with Crippen LogP contribution >= 0.6 is 11.6 Å². The van der Waals surface area contributed by atoms with E-state index in [-0.39, 0.29) is 22.4 Å². The molecule has 6 nitrogen and oxygen atoms in total. The monoisotopic (exact) mass is 214 g/mol. The van der Waals surface area contributed by atoms with Crippen LogP contribution in [0, 0.1) is 10.1 Å². The third kappa shape index (κ3) is 2.60. The first-order chi connectivity index (χ1) is 6.49. The third-order valence-corrected chi connectivity index (χ3v) is 1.55. The maximum atomic E-state index is 10.4. The molecule has 0 fully saturated rings. The highest BCUT2D eigenvalue weighted by Crippen LogP contribution is 2.25. The van der Waals surface area contributed by atoms with Crippen molar-refractivity contribution < 1.29 is 4.92 Å². The number of rotatable bonds is 2. The van der Waals surface area contributed by atoms with Crippen molar-refractivity contribution in [2.45, 2.75) is 0 Å². The summed E-state index contributed by atoms with van der Waals surface area (Å²) >= 11 is 5.62. The van der Waals surface area contributed by atoms with Gasteiger partial charge < -0.3 is 11.5 Å². The molecule has 1 aromatic carbocycles. The maximum Gasteiger partial charge on any atom is 0.273 e. The molecule has 0 unspecified atom stereocenters. The van der Waals surface area contributed by atoms with Crippen LogP contribution in [0.3, 0.4) is 0 Å². The molecule has 4 N–H and O–H groups in total. The number of nitrogens with zero attached hydrogens (tertiary/aromatic N) is 2. The lowest BCUT2D eigenvalue weighted by Gasteiger charge is -1.97. The van der Waals surface area contributed by atoms with Crippen LogP contribution in [-0.2, 0) is 0 Å². The summed E-state index contributed by atoms with van der Waals surface area (Å²) in [4.78, 5) is 13.5. The van der Waals surface area contributed by atoms with Gasteiger partial charge in [-0.15, -0.1) is 0 Å². The van der Waals surface area contributed by atoms with Gasteiger partial charge in [-0.2, -0.15) is 0 Å². The summed E-state index contributed by atoms with van der Waals surface area (Å²) in [6.07, 6.45) is 0.